The van der Waals surface area contributed by atoms with Crippen molar-refractivity contribution >= 4 is 15.9 Å². The van der Waals surface area contributed by atoms with Crippen LogP contribution < -0.4 is 24.5 Å². The fraction of sp³-hybridized carbons (Fsp3) is 0.200. The quantitative estimate of drug-likeness (QED) is 0.513. The van der Waals surface area contributed by atoms with E-state index in [1.807, 2.05) is 12.1 Å². The molecule has 0 amide bonds. The average molecular weight is 445 g/mol. The van der Waals surface area contributed by atoms with Crippen LogP contribution in [0.1, 0.15) is 11.1 Å². The van der Waals surface area contributed by atoms with Crippen molar-refractivity contribution in [3.8, 4) is 40.3 Å². The Morgan fingerprint density at radius 3 is 2.57 bits per heavy atom. The standard InChI is InChI=1S/C20H17BrN2O5/c1-25-12-4-5-15(26-2)13(9-12)18-22-19(24)14-7-10-6-11(21)8-16(27-3)17(10)28-20(14)23-18/h4-6,8-9H,7H2,1-3H3,(H,22,23,24). The Labute approximate surface area is 169 Å². The third kappa shape index (κ3) is 3.09. The molecule has 3 aromatic rings. The molecule has 1 aliphatic heterocycles. The van der Waals surface area contributed by atoms with Crippen LogP contribution in [0.25, 0.3) is 11.4 Å². The van der Waals surface area contributed by atoms with Gasteiger partial charge in [-0.05, 0) is 30.3 Å². The van der Waals surface area contributed by atoms with Gasteiger partial charge in [0, 0.05) is 16.5 Å². The number of aromatic amines is 1. The lowest BCUT2D eigenvalue weighted by Crippen LogP contribution is -2.20. The highest BCUT2D eigenvalue weighted by Crippen LogP contribution is 2.43. The molecule has 1 aromatic heterocycles. The first-order valence-corrected chi connectivity index (χ1v) is 9.23. The Balaban J connectivity index is 1.85. The van der Waals surface area contributed by atoms with E-state index in [9.17, 15) is 4.79 Å². The average Bonchev–Trinajstić information content (AvgIpc) is 2.71. The van der Waals surface area contributed by atoms with Crippen molar-refractivity contribution in [2.75, 3.05) is 21.3 Å². The zero-order valence-electron chi connectivity index (χ0n) is 15.5. The van der Waals surface area contributed by atoms with Crippen molar-refractivity contribution in [1.82, 2.24) is 9.97 Å². The van der Waals surface area contributed by atoms with Crippen molar-refractivity contribution in [1.29, 1.82) is 0 Å². The predicted molar refractivity (Wildman–Crippen MR) is 107 cm³/mol. The van der Waals surface area contributed by atoms with E-state index in [1.165, 1.54) is 0 Å². The summed E-state index contributed by atoms with van der Waals surface area (Å²) in [4.78, 5) is 20.1. The number of benzene rings is 2. The Kier molecular flexibility index (Phi) is 4.72. The van der Waals surface area contributed by atoms with Gasteiger partial charge in [0.25, 0.3) is 5.56 Å². The van der Waals surface area contributed by atoms with Gasteiger partial charge < -0.3 is 23.9 Å². The van der Waals surface area contributed by atoms with E-state index in [0.29, 0.717) is 46.4 Å². The van der Waals surface area contributed by atoms with Crippen molar-refractivity contribution in [3.05, 3.63) is 56.3 Å². The van der Waals surface area contributed by atoms with E-state index >= 15 is 0 Å². The summed E-state index contributed by atoms with van der Waals surface area (Å²) in [6.45, 7) is 0. The Morgan fingerprint density at radius 2 is 1.86 bits per heavy atom. The molecule has 8 heteroatoms. The molecule has 144 valence electrons. The van der Waals surface area contributed by atoms with E-state index in [2.05, 4.69) is 25.9 Å². The maximum absolute atomic E-state index is 12.8. The smallest absolute Gasteiger partial charge is 0.258 e. The number of rotatable bonds is 4. The van der Waals surface area contributed by atoms with E-state index in [-0.39, 0.29) is 11.4 Å². The van der Waals surface area contributed by atoms with Crippen LogP contribution in [0.4, 0.5) is 0 Å². The summed E-state index contributed by atoms with van der Waals surface area (Å²) in [5, 5.41) is 0. The molecular weight excluding hydrogens is 428 g/mol. The number of H-pyrrole nitrogens is 1. The molecule has 28 heavy (non-hydrogen) atoms. The molecule has 1 N–H and O–H groups in total. The predicted octanol–water partition coefficient (Wildman–Crippen LogP) is 3.92. The fourth-order valence-electron chi connectivity index (χ4n) is 3.15. The summed E-state index contributed by atoms with van der Waals surface area (Å²) in [5.74, 6) is 2.88. The SMILES string of the molecule is COc1ccc(OC)c(-c2nc3c(c(=O)[nH]2)Cc2cc(Br)cc(OC)c2O3)c1. The number of nitrogens with zero attached hydrogens (tertiary/aromatic N) is 1. The van der Waals surface area contributed by atoms with Crippen LogP contribution in [0.5, 0.6) is 28.9 Å². The molecule has 0 bridgehead atoms. The summed E-state index contributed by atoms with van der Waals surface area (Å²) in [6.07, 6.45) is 0.387. The van der Waals surface area contributed by atoms with Crippen LogP contribution in [0.3, 0.4) is 0 Å². The first kappa shape index (κ1) is 18.4. The highest BCUT2D eigenvalue weighted by Gasteiger charge is 2.26. The number of halogens is 1. The molecule has 2 aromatic carbocycles. The van der Waals surface area contributed by atoms with Gasteiger partial charge in [-0.1, -0.05) is 15.9 Å². The van der Waals surface area contributed by atoms with Crippen molar-refractivity contribution < 1.29 is 18.9 Å². The second-order valence-electron chi connectivity index (χ2n) is 6.14. The van der Waals surface area contributed by atoms with Gasteiger partial charge in [-0.2, -0.15) is 4.98 Å². The summed E-state index contributed by atoms with van der Waals surface area (Å²) < 4.78 is 22.9. The highest BCUT2D eigenvalue weighted by atomic mass is 79.9. The number of aromatic nitrogens is 2. The molecule has 0 fully saturated rings. The van der Waals surface area contributed by atoms with Crippen molar-refractivity contribution in [2.24, 2.45) is 0 Å². The van der Waals surface area contributed by atoms with Gasteiger partial charge in [-0.25, -0.2) is 0 Å². The lowest BCUT2D eigenvalue weighted by Gasteiger charge is -2.21. The first-order valence-electron chi connectivity index (χ1n) is 8.44. The molecule has 2 heterocycles. The molecule has 0 spiro atoms. The Morgan fingerprint density at radius 1 is 1.07 bits per heavy atom. The number of methoxy groups -OCH3 is 3. The molecule has 4 rings (SSSR count). The molecule has 0 aliphatic carbocycles. The van der Waals surface area contributed by atoms with Crippen LogP contribution in [-0.2, 0) is 6.42 Å². The molecule has 1 aliphatic rings. The van der Waals surface area contributed by atoms with Gasteiger partial charge in [0.15, 0.2) is 11.5 Å². The van der Waals surface area contributed by atoms with Crippen molar-refractivity contribution in [2.45, 2.75) is 6.42 Å². The maximum atomic E-state index is 12.8. The molecular formula is C20H17BrN2O5. The van der Waals surface area contributed by atoms with E-state index in [4.69, 9.17) is 18.9 Å². The van der Waals surface area contributed by atoms with Gasteiger partial charge in [-0.3, -0.25) is 4.79 Å². The first-order chi connectivity index (χ1) is 13.5. The third-order valence-electron chi connectivity index (χ3n) is 4.52. The minimum Gasteiger partial charge on any atom is -0.497 e. The summed E-state index contributed by atoms with van der Waals surface area (Å²) in [5.41, 5.74) is 1.63. The second kappa shape index (κ2) is 7.20. The van der Waals surface area contributed by atoms with Crippen LogP contribution in [-0.4, -0.2) is 31.3 Å². The van der Waals surface area contributed by atoms with Gasteiger partial charge in [-0.15, -0.1) is 0 Å². The minimum absolute atomic E-state index is 0.247. The second-order valence-corrected chi connectivity index (χ2v) is 7.06. The lowest BCUT2D eigenvalue weighted by molar-refractivity contribution is 0.364. The normalized spacial score (nSPS) is 11.9. The number of fused-ring (bicyclic) bond motifs is 2. The van der Waals surface area contributed by atoms with Gasteiger partial charge in [0.2, 0.25) is 5.88 Å². The van der Waals surface area contributed by atoms with Gasteiger partial charge >= 0.3 is 0 Å². The van der Waals surface area contributed by atoms with Crippen LogP contribution >= 0.6 is 15.9 Å². The number of ether oxygens (including phenoxy) is 4. The van der Waals surface area contributed by atoms with Crippen LogP contribution in [0.15, 0.2) is 39.6 Å². The molecule has 0 radical (unpaired) electrons. The Bertz CT molecular complexity index is 1130. The fourth-order valence-corrected chi connectivity index (χ4v) is 3.64. The largest absolute Gasteiger partial charge is 0.497 e. The molecule has 0 saturated carbocycles. The Hall–Kier alpha value is -3.00. The zero-order valence-corrected chi connectivity index (χ0v) is 17.0. The molecule has 0 unspecified atom stereocenters. The van der Waals surface area contributed by atoms with Crippen LogP contribution in [0.2, 0.25) is 0 Å². The molecule has 7 nitrogen and oxygen atoms in total. The van der Waals surface area contributed by atoms with Gasteiger partial charge in [0.05, 0.1) is 32.5 Å². The van der Waals surface area contributed by atoms with Crippen LogP contribution in [0, 0.1) is 0 Å². The summed E-state index contributed by atoms with van der Waals surface area (Å²) >= 11 is 3.45. The third-order valence-corrected chi connectivity index (χ3v) is 4.98. The highest BCUT2D eigenvalue weighted by molar-refractivity contribution is 9.10. The van der Waals surface area contributed by atoms with E-state index < -0.39 is 0 Å². The van der Waals surface area contributed by atoms with Gasteiger partial charge in [0.1, 0.15) is 17.3 Å². The monoisotopic (exact) mass is 444 g/mol. The minimum atomic E-state index is -0.269. The summed E-state index contributed by atoms with van der Waals surface area (Å²) in [7, 11) is 4.69. The van der Waals surface area contributed by atoms with E-state index in [0.717, 1.165) is 10.0 Å². The maximum Gasteiger partial charge on any atom is 0.258 e. The number of hydrogen-bond acceptors (Lipinski definition) is 6. The molecule has 0 saturated heterocycles. The number of nitrogens with one attached hydrogen (secondary N) is 1. The molecule has 0 atom stereocenters. The zero-order chi connectivity index (χ0) is 19.8. The topological polar surface area (TPSA) is 82.7 Å². The number of hydrogen-bond donors (Lipinski definition) is 1. The van der Waals surface area contributed by atoms with Crippen molar-refractivity contribution in [3.63, 3.8) is 0 Å². The lowest BCUT2D eigenvalue weighted by atomic mass is 10.0. The summed E-state index contributed by atoms with van der Waals surface area (Å²) in [6, 6.07) is 8.98. The van der Waals surface area contributed by atoms with E-state index in [1.54, 1.807) is 39.5 Å².